The maximum absolute atomic E-state index is 4.61. The van der Waals surface area contributed by atoms with Crippen LogP contribution >= 0.6 is 0 Å². The van der Waals surface area contributed by atoms with Gasteiger partial charge in [-0.1, -0.05) is 269 Å². The normalized spacial score (nSPS) is 13.5. The molecule has 11 heteroatoms. The van der Waals surface area contributed by atoms with E-state index >= 15 is 0 Å². The van der Waals surface area contributed by atoms with E-state index in [9.17, 15) is 0 Å². The molecule has 12 rings (SSSR count). The molecule has 0 aliphatic carbocycles. The van der Waals surface area contributed by atoms with Crippen LogP contribution in [0.15, 0.2) is 172 Å². The quantitative estimate of drug-likeness (QED) is 0.0850. The Labute approximate surface area is 624 Å². The maximum Gasteiger partial charge on any atom is 0.201 e. The summed E-state index contributed by atoms with van der Waals surface area (Å²) in [6, 6.07) is 50.9. The van der Waals surface area contributed by atoms with E-state index in [0.717, 1.165) is 120 Å². The lowest BCUT2D eigenvalue weighted by molar-refractivity contribution is 0.627. The summed E-state index contributed by atoms with van der Waals surface area (Å²) in [5.41, 5.74) is 17.3. The molecule has 0 radical (unpaired) electrons. The van der Waals surface area contributed by atoms with Gasteiger partial charge in [0.2, 0.25) is 5.95 Å². The topological polar surface area (TPSA) is 143 Å². The molecular formula is C91H145N11. The predicted molar refractivity (Wildman–Crippen MR) is 459 cm³/mol. The van der Waals surface area contributed by atoms with Crippen molar-refractivity contribution in [3.05, 3.63) is 185 Å². The van der Waals surface area contributed by atoms with E-state index in [4.69, 9.17) is 0 Å². The van der Waals surface area contributed by atoms with Crippen molar-refractivity contribution >= 4 is 68.1 Å². The fourth-order valence-electron chi connectivity index (χ4n) is 9.43. The number of nitrogens with one attached hydrogen (secondary N) is 6. The summed E-state index contributed by atoms with van der Waals surface area (Å²) in [7, 11) is 0. The first-order valence-corrected chi connectivity index (χ1v) is 38.6. The van der Waals surface area contributed by atoms with E-state index in [-0.39, 0.29) is 0 Å². The average Bonchev–Trinajstić information content (AvgIpc) is 1.76. The summed E-state index contributed by atoms with van der Waals surface area (Å²) in [6.45, 7) is 64.9. The van der Waals surface area contributed by atoms with E-state index in [1.165, 1.54) is 56.4 Å². The molecule has 0 atom stereocenters. The largest absolute Gasteiger partial charge is 0.359 e. The van der Waals surface area contributed by atoms with Gasteiger partial charge in [0.1, 0.15) is 17.5 Å². The summed E-state index contributed by atoms with van der Waals surface area (Å²) in [6.07, 6.45) is 8.48. The van der Waals surface area contributed by atoms with Gasteiger partial charge in [0, 0.05) is 78.7 Å². The summed E-state index contributed by atoms with van der Waals surface area (Å²) in [5, 5.41) is 13.3. The first-order chi connectivity index (χ1) is 47.9. The number of H-pyrrole nitrogens is 2. The highest BCUT2D eigenvalue weighted by Gasteiger charge is 2.18. The van der Waals surface area contributed by atoms with Crippen LogP contribution in [0.25, 0.3) is 22.1 Å². The number of benzene rings is 6. The Balaban J connectivity index is 0.000000575. The second kappa shape index (κ2) is 51.4. The van der Waals surface area contributed by atoms with Crippen molar-refractivity contribution in [2.24, 2.45) is 68.2 Å². The number of aromatic amines is 2. The third-order valence-corrected chi connectivity index (χ3v) is 12.5. The van der Waals surface area contributed by atoms with Crippen LogP contribution in [0.5, 0.6) is 0 Å². The van der Waals surface area contributed by atoms with Crippen LogP contribution in [-0.2, 0) is 32.1 Å². The zero-order valence-corrected chi connectivity index (χ0v) is 69.8. The SMILES string of the molecule is CC(C)/C=C1\Cc2ccccc2N1.CC(C)C.CC(C)C.CC(C)C.CC(C)C.CC(C)C.CC(C)C.CC(C)CC1=Nc2ccccc2C1.CC(C)Cc1nc2ccccc2[nH]1.CC(C)N=C1Cc2ccccc2N1.CC(C)N=C1Cc2ccccc2N1.CC(C)Nc1nc2ccccc2[nH]1. The van der Waals surface area contributed by atoms with Gasteiger partial charge in [0.25, 0.3) is 0 Å². The predicted octanol–water partition coefficient (Wildman–Crippen LogP) is 26.6. The number of nitrogens with zero attached hydrogens (tertiary/aromatic N) is 5. The van der Waals surface area contributed by atoms with Gasteiger partial charge in [-0.15, -0.1) is 0 Å². The molecule has 0 saturated carbocycles. The zero-order chi connectivity index (χ0) is 77.0. The Morgan fingerprint density at radius 2 is 0.725 bits per heavy atom. The van der Waals surface area contributed by atoms with Gasteiger partial charge in [0.05, 0.1) is 27.8 Å². The number of aromatic nitrogens is 4. The smallest absolute Gasteiger partial charge is 0.201 e. The van der Waals surface area contributed by atoms with Crippen LogP contribution in [0.2, 0.25) is 0 Å². The Kier molecular flexibility index (Phi) is 46.4. The lowest BCUT2D eigenvalue weighted by Crippen LogP contribution is -2.10. The number of fused-ring (bicyclic) bond motifs is 6. The minimum absolute atomic E-state index is 0.372. The van der Waals surface area contributed by atoms with Crippen molar-refractivity contribution in [2.45, 2.75) is 264 Å². The van der Waals surface area contributed by atoms with E-state index in [1.807, 2.05) is 54.6 Å². The van der Waals surface area contributed by atoms with Crippen LogP contribution < -0.4 is 21.3 Å². The number of para-hydroxylation sites is 8. The number of aliphatic imine (C=N–C) groups is 3. The first-order valence-electron chi connectivity index (χ1n) is 38.6. The highest BCUT2D eigenvalue weighted by Crippen LogP contribution is 2.30. The molecule has 6 heterocycles. The third kappa shape index (κ3) is 45.2. The summed E-state index contributed by atoms with van der Waals surface area (Å²) in [4.78, 5) is 29.0. The minimum Gasteiger partial charge on any atom is -0.359 e. The molecule has 8 aromatic rings. The van der Waals surface area contributed by atoms with E-state index in [0.29, 0.717) is 35.9 Å². The second-order valence-corrected chi connectivity index (χ2v) is 32.8. The molecule has 2 aromatic heterocycles. The molecule has 0 fully saturated rings. The van der Waals surface area contributed by atoms with Crippen LogP contribution in [-0.4, -0.2) is 55.4 Å². The molecule has 0 bridgehead atoms. The number of amidine groups is 2. The van der Waals surface area contributed by atoms with Crippen LogP contribution in [0.4, 0.5) is 28.7 Å². The Bertz CT molecular complexity index is 3160. The summed E-state index contributed by atoms with van der Waals surface area (Å²) >= 11 is 0. The molecule has 102 heavy (non-hydrogen) atoms. The van der Waals surface area contributed by atoms with Gasteiger partial charge < -0.3 is 31.2 Å². The summed E-state index contributed by atoms with van der Waals surface area (Å²) < 4.78 is 0. The minimum atomic E-state index is 0.372. The molecular weight excluding hydrogens is 1250 g/mol. The molecule has 0 unspecified atom stereocenters. The standard InChI is InChI=1S/2C12H15N.3C11H14N2.C10H13N3.6C4H10/c2*1-9(2)7-11-8-10-5-3-4-6-12(10)13-11;2*1-8(2)12-11-7-9-5-3-4-6-10(9)13-11;1-8(2)7-11-12-9-5-3-4-6-10(9)13-11;1-7(2)11-10-12-8-5-3-4-6-9(8)13-10;6*1-4(2)3/h3-6,9H,7-8H2,1-2H3;3-7,9,13H,8H2,1-2H3;3*3-6,8H,7H2,1-2H3,(H,12,13);3-7H,1-2H3,(H2,11,12,13);6*4H,1-3H3/b;11-7+;;;;;;;;;;. The zero-order valence-electron chi connectivity index (χ0n) is 69.8. The van der Waals surface area contributed by atoms with Gasteiger partial charge >= 0.3 is 0 Å². The number of imidazole rings is 2. The van der Waals surface area contributed by atoms with Crippen molar-refractivity contribution in [3.63, 3.8) is 0 Å². The van der Waals surface area contributed by atoms with Gasteiger partial charge in [-0.3, -0.25) is 15.0 Å². The number of hydrogen-bond donors (Lipinski definition) is 6. The van der Waals surface area contributed by atoms with Crippen molar-refractivity contribution < 1.29 is 0 Å². The lowest BCUT2D eigenvalue weighted by atomic mass is 10.0. The Morgan fingerprint density at radius 1 is 0.373 bits per heavy atom. The highest BCUT2D eigenvalue weighted by atomic mass is 15.1. The van der Waals surface area contributed by atoms with Crippen LogP contribution in [0.1, 0.15) is 242 Å². The van der Waals surface area contributed by atoms with E-state index in [1.54, 1.807) is 0 Å². The van der Waals surface area contributed by atoms with E-state index < -0.39 is 0 Å². The number of allylic oxidation sites excluding steroid dienone is 2. The van der Waals surface area contributed by atoms with Gasteiger partial charge in [-0.2, -0.15) is 0 Å². The molecule has 11 nitrogen and oxygen atoms in total. The number of rotatable bonds is 9. The molecule has 6 aromatic carbocycles. The molecule has 564 valence electrons. The van der Waals surface area contributed by atoms with Crippen molar-refractivity contribution in [1.29, 1.82) is 0 Å². The second-order valence-electron chi connectivity index (χ2n) is 32.8. The maximum atomic E-state index is 4.61. The molecule has 6 N–H and O–H groups in total. The van der Waals surface area contributed by atoms with Gasteiger partial charge in [0.15, 0.2) is 0 Å². The first kappa shape index (κ1) is 92.2. The molecule has 0 saturated heterocycles. The fraction of sp³-hybridized carbons (Fsp3) is 0.527. The lowest BCUT2D eigenvalue weighted by Gasteiger charge is -2.04. The van der Waals surface area contributed by atoms with Crippen molar-refractivity contribution in [1.82, 2.24) is 19.9 Å². The van der Waals surface area contributed by atoms with Crippen molar-refractivity contribution in [3.8, 4) is 0 Å². The van der Waals surface area contributed by atoms with Crippen LogP contribution in [0.3, 0.4) is 0 Å². The van der Waals surface area contributed by atoms with Gasteiger partial charge in [-0.25, -0.2) is 9.97 Å². The molecule has 4 aliphatic rings. The number of hydrogen-bond acceptors (Lipinski definition) is 7. The summed E-state index contributed by atoms with van der Waals surface area (Å²) in [5.74, 6) is 11.1. The Hall–Kier alpha value is -7.79. The molecule has 0 amide bonds. The Morgan fingerprint density at radius 3 is 1.08 bits per heavy atom. The van der Waals surface area contributed by atoms with E-state index in [2.05, 4.69) is 361 Å². The average molecular weight is 1390 g/mol. The van der Waals surface area contributed by atoms with Crippen LogP contribution in [0, 0.1) is 53.3 Å². The fourth-order valence-corrected chi connectivity index (χ4v) is 9.43. The van der Waals surface area contributed by atoms with Crippen molar-refractivity contribution in [2.75, 3.05) is 21.3 Å². The number of anilines is 4. The molecule has 4 aliphatic heterocycles. The van der Waals surface area contributed by atoms with Gasteiger partial charge in [-0.05, 0) is 172 Å². The highest BCUT2D eigenvalue weighted by molar-refractivity contribution is 6.03. The monoisotopic (exact) mass is 1390 g/mol. The third-order valence-electron chi connectivity index (χ3n) is 12.5. The molecule has 0 spiro atoms.